The number of benzene rings is 2. The lowest BCUT2D eigenvalue weighted by Crippen LogP contribution is -2.24. The quantitative estimate of drug-likeness (QED) is 0.529. The molecule has 2 aromatic carbocycles. The predicted octanol–water partition coefficient (Wildman–Crippen LogP) is 2.84. The van der Waals surface area contributed by atoms with Gasteiger partial charge >= 0.3 is 0 Å². The fourth-order valence-corrected chi connectivity index (χ4v) is 1.90. The number of alkyl halides is 1. The minimum atomic E-state index is -0.352. The molecular formula is C15H12ClNO2. The maximum atomic E-state index is 12.4. The molecule has 1 amide bonds. The molecule has 0 radical (unpaired) electrons. The van der Waals surface area contributed by atoms with Gasteiger partial charge in [0.25, 0.3) is 5.91 Å². The van der Waals surface area contributed by atoms with Crippen molar-refractivity contribution in [2.24, 2.45) is 0 Å². The largest absolute Gasteiger partial charge is 0.338 e. The first-order chi connectivity index (χ1) is 9.24. The Morgan fingerprint density at radius 3 is 2.11 bits per heavy atom. The smallest absolute Gasteiger partial charge is 0.252 e. The summed E-state index contributed by atoms with van der Waals surface area (Å²) in [4.78, 5) is 24.2. The Kier molecular flexibility index (Phi) is 4.31. The molecule has 4 heteroatoms. The van der Waals surface area contributed by atoms with Crippen molar-refractivity contribution in [3.05, 3.63) is 71.3 Å². The summed E-state index contributed by atoms with van der Waals surface area (Å²) in [7, 11) is 0. The summed E-state index contributed by atoms with van der Waals surface area (Å²) < 4.78 is 0. The van der Waals surface area contributed by atoms with E-state index < -0.39 is 0 Å². The molecule has 0 bridgehead atoms. The maximum absolute atomic E-state index is 12.4. The number of hydrogen-bond acceptors (Lipinski definition) is 2. The van der Waals surface area contributed by atoms with Crippen LogP contribution in [0.5, 0.6) is 0 Å². The van der Waals surface area contributed by atoms with Gasteiger partial charge in [0.2, 0.25) is 0 Å². The second kappa shape index (κ2) is 6.16. The summed E-state index contributed by atoms with van der Waals surface area (Å²) in [5.41, 5.74) is 1.25. The monoisotopic (exact) mass is 273 g/mol. The molecular weight excluding hydrogens is 262 g/mol. The van der Waals surface area contributed by atoms with Crippen molar-refractivity contribution in [2.45, 2.75) is 0 Å². The average molecular weight is 274 g/mol. The van der Waals surface area contributed by atoms with Crippen LogP contribution in [0.2, 0.25) is 0 Å². The molecule has 0 atom stereocenters. The Hall–Kier alpha value is -2.13. The van der Waals surface area contributed by atoms with Crippen LogP contribution in [-0.2, 0) is 0 Å². The third kappa shape index (κ3) is 3.01. The zero-order chi connectivity index (χ0) is 13.7. The number of amides is 1. The Morgan fingerprint density at radius 2 is 1.47 bits per heavy atom. The van der Waals surface area contributed by atoms with Crippen LogP contribution in [0.15, 0.2) is 54.6 Å². The minimum absolute atomic E-state index is 0.00664. The molecule has 2 aromatic rings. The highest BCUT2D eigenvalue weighted by Crippen LogP contribution is 2.14. The average Bonchev–Trinajstić information content (AvgIpc) is 2.47. The van der Waals surface area contributed by atoms with Gasteiger partial charge in [-0.25, -0.2) is 0 Å². The molecule has 0 aliphatic heterocycles. The lowest BCUT2D eigenvalue weighted by Gasteiger charge is -2.08. The minimum Gasteiger partial charge on any atom is -0.338 e. The molecule has 0 aliphatic carbocycles. The topological polar surface area (TPSA) is 46.2 Å². The third-order valence-electron chi connectivity index (χ3n) is 2.68. The fourth-order valence-electron chi connectivity index (χ4n) is 1.78. The zero-order valence-electron chi connectivity index (χ0n) is 10.1. The first-order valence-corrected chi connectivity index (χ1v) is 6.30. The van der Waals surface area contributed by atoms with Gasteiger partial charge in [-0.05, 0) is 6.07 Å². The van der Waals surface area contributed by atoms with E-state index in [1.165, 1.54) is 0 Å². The van der Waals surface area contributed by atoms with Gasteiger partial charge in [0.15, 0.2) is 5.78 Å². The molecule has 0 aromatic heterocycles. The van der Waals surface area contributed by atoms with Gasteiger partial charge in [0.1, 0.15) is 0 Å². The van der Waals surface area contributed by atoms with Gasteiger partial charge in [0.05, 0.1) is 11.6 Å². The maximum Gasteiger partial charge on any atom is 0.252 e. The van der Waals surface area contributed by atoms with Crippen molar-refractivity contribution in [2.75, 3.05) is 6.00 Å². The SMILES string of the molecule is O=C(NCCl)c1ccccc1C(=O)c1ccccc1. The summed E-state index contributed by atoms with van der Waals surface area (Å²) in [6, 6.07) is 15.5. The molecule has 0 saturated heterocycles. The van der Waals surface area contributed by atoms with E-state index in [0.29, 0.717) is 16.7 Å². The second-order valence-corrected chi connectivity index (χ2v) is 4.15. The Balaban J connectivity index is 2.40. The Morgan fingerprint density at radius 1 is 0.895 bits per heavy atom. The van der Waals surface area contributed by atoms with Gasteiger partial charge in [-0.15, -0.1) is 11.6 Å². The number of carbonyl (C=O) groups excluding carboxylic acids is 2. The molecule has 0 fully saturated rings. The summed E-state index contributed by atoms with van der Waals surface area (Å²) >= 11 is 5.48. The van der Waals surface area contributed by atoms with E-state index in [0.717, 1.165) is 0 Å². The normalized spacial score (nSPS) is 9.95. The van der Waals surface area contributed by atoms with Crippen LogP contribution in [0, 0.1) is 0 Å². The lowest BCUT2D eigenvalue weighted by molar-refractivity contribution is 0.0948. The molecule has 0 spiro atoms. The molecule has 0 unspecified atom stereocenters. The van der Waals surface area contributed by atoms with Gasteiger partial charge in [-0.3, -0.25) is 9.59 Å². The van der Waals surface area contributed by atoms with Crippen molar-refractivity contribution in [1.29, 1.82) is 0 Å². The summed E-state index contributed by atoms with van der Waals surface area (Å²) in [5, 5.41) is 2.48. The molecule has 0 aliphatic rings. The van der Waals surface area contributed by atoms with Crippen molar-refractivity contribution in [1.82, 2.24) is 5.32 Å². The summed E-state index contributed by atoms with van der Waals surface area (Å²) in [6.45, 7) is 0. The number of nitrogens with one attached hydrogen (secondary N) is 1. The highest BCUT2D eigenvalue weighted by atomic mass is 35.5. The van der Waals surface area contributed by atoms with E-state index >= 15 is 0 Å². The van der Waals surface area contributed by atoms with Crippen molar-refractivity contribution < 1.29 is 9.59 Å². The van der Waals surface area contributed by atoms with Gasteiger partial charge in [-0.1, -0.05) is 48.5 Å². The molecule has 0 saturated carbocycles. The Bertz CT molecular complexity index is 596. The number of carbonyl (C=O) groups is 2. The standard InChI is InChI=1S/C15H12ClNO2/c16-10-17-15(19)13-9-5-4-8-12(13)14(18)11-6-2-1-3-7-11/h1-9H,10H2,(H,17,19). The molecule has 2 rings (SSSR count). The predicted molar refractivity (Wildman–Crippen MR) is 74.5 cm³/mol. The van der Waals surface area contributed by atoms with E-state index in [-0.39, 0.29) is 17.7 Å². The van der Waals surface area contributed by atoms with Gasteiger partial charge < -0.3 is 5.32 Å². The number of rotatable bonds is 4. The van der Waals surface area contributed by atoms with Crippen LogP contribution in [0.1, 0.15) is 26.3 Å². The highest BCUT2D eigenvalue weighted by molar-refractivity contribution is 6.20. The molecule has 96 valence electrons. The van der Waals surface area contributed by atoms with Crippen LogP contribution in [0.25, 0.3) is 0 Å². The summed E-state index contributed by atoms with van der Waals surface area (Å²) in [5.74, 6) is -0.532. The number of halogens is 1. The number of hydrogen-bond donors (Lipinski definition) is 1. The van der Waals surface area contributed by atoms with Crippen molar-refractivity contribution >= 4 is 23.3 Å². The summed E-state index contributed by atoms with van der Waals surface area (Å²) in [6.07, 6.45) is 0. The highest BCUT2D eigenvalue weighted by Gasteiger charge is 2.17. The van der Waals surface area contributed by atoms with Crippen LogP contribution < -0.4 is 5.32 Å². The van der Waals surface area contributed by atoms with E-state index in [2.05, 4.69) is 5.32 Å². The van der Waals surface area contributed by atoms with E-state index in [1.54, 1.807) is 48.5 Å². The van der Waals surface area contributed by atoms with Gasteiger partial charge in [-0.2, -0.15) is 0 Å². The van der Waals surface area contributed by atoms with E-state index in [1.807, 2.05) is 6.07 Å². The van der Waals surface area contributed by atoms with Gasteiger partial charge in [0, 0.05) is 11.1 Å². The van der Waals surface area contributed by atoms with Crippen LogP contribution >= 0.6 is 11.6 Å². The fraction of sp³-hybridized carbons (Fsp3) is 0.0667. The Labute approximate surface area is 116 Å². The third-order valence-corrected chi connectivity index (χ3v) is 2.81. The molecule has 0 heterocycles. The lowest BCUT2D eigenvalue weighted by atomic mass is 9.98. The van der Waals surface area contributed by atoms with E-state index in [9.17, 15) is 9.59 Å². The van der Waals surface area contributed by atoms with E-state index in [4.69, 9.17) is 11.6 Å². The van der Waals surface area contributed by atoms with Crippen molar-refractivity contribution in [3.63, 3.8) is 0 Å². The molecule has 19 heavy (non-hydrogen) atoms. The number of ketones is 1. The molecule has 3 nitrogen and oxygen atoms in total. The van der Waals surface area contributed by atoms with Crippen molar-refractivity contribution in [3.8, 4) is 0 Å². The first-order valence-electron chi connectivity index (χ1n) is 5.77. The van der Waals surface area contributed by atoms with Crippen LogP contribution in [0.4, 0.5) is 0 Å². The second-order valence-electron chi connectivity index (χ2n) is 3.88. The van der Waals surface area contributed by atoms with Crippen LogP contribution in [0.3, 0.4) is 0 Å². The zero-order valence-corrected chi connectivity index (χ0v) is 10.9. The first kappa shape index (κ1) is 13.3. The molecule has 1 N–H and O–H groups in total. The van der Waals surface area contributed by atoms with Crippen LogP contribution in [-0.4, -0.2) is 17.7 Å².